The van der Waals surface area contributed by atoms with Crippen molar-refractivity contribution in [3.05, 3.63) is 12.4 Å². The van der Waals surface area contributed by atoms with E-state index >= 15 is 0 Å². The predicted octanol–water partition coefficient (Wildman–Crippen LogP) is -1.22. The number of carbonyl (C=O) groups excluding carboxylic acids is 1. The number of hydrogen-bond donors (Lipinski definition) is 2. The highest BCUT2D eigenvalue weighted by molar-refractivity contribution is 5.93. The fourth-order valence-corrected chi connectivity index (χ4v) is 0.763. The SMILES string of the molecule is COCC(N)C(=O)Nc1nccnn1. The van der Waals surface area contributed by atoms with Crippen LogP contribution in [-0.2, 0) is 9.53 Å². The quantitative estimate of drug-likeness (QED) is 0.627. The molecule has 0 aliphatic heterocycles. The molecule has 0 saturated carbocycles. The average molecular weight is 197 g/mol. The van der Waals surface area contributed by atoms with Gasteiger partial charge in [0.05, 0.1) is 19.0 Å². The number of anilines is 1. The third kappa shape index (κ3) is 3.04. The zero-order valence-electron chi connectivity index (χ0n) is 7.67. The van der Waals surface area contributed by atoms with E-state index in [4.69, 9.17) is 10.5 Å². The van der Waals surface area contributed by atoms with Gasteiger partial charge in [0, 0.05) is 7.11 Å². The number of nitrogens with one attached hydrogen (secondary N) is 1. The zero-order chi connectivity index (χ0) is 10.4. The molecule has 0 saturated heterocycles. The van der Waals surface area contributed by atoms with Crippen LogP contribution < -0.4 is 11.1 Å². The van der Waals surface area contributed by atoms with Crippen molar-refractivity contribution in [3.8, 4) is 0 Å². The second kappa shape index (κ2) is 5.20. The Morgan fingerprint density at radius 3 is 3.07 bits per heavy atom. The van der Waals surface area contributed by atoms with Gasteiger partial charge < -0.3 is 10.5 Å². The maximum Gasteiger partial charge on any atom is 0.249 e. The highest BCUT2D eigenvalue weighted by atomic mass is 16.5. The van der Waals surface area contributed by atoms with E-state index in [0.717, 1.165) is 0 Å². The molecule has 1 atom stereocenters. The molecule has 0 radical (unpaired) electrons. The summed E-state index contributed by atoms with van der Waals surface area (Å²) in [5, 5.41) is 9.51. The van der Waals surface area contributed by atoms with Crippen LogP contribution in [0.4, 0.5) is 5.95 Å². The molecule has 14 heavy (non-hydrogen) atoms. The fraction of sp³-hybridized carbons (Fsp3) is 0.429. The first-order valence-electron chi connectivity index (χ1n) is 3.93. The summed E-state index contributed by atoms with van der Waals surface area (Å²) in [7, 11) is 1.47. The molecule has 1 aromatic rings. The first-order chi connectivity index (χ1) is 6.74. The molecular weight excluding hydrogens is 186 g/mol. The molecule has 1 amide bonds. The Morgan fingerprint density at radius 1 is 1.71 bits per heavy atom. The number of nitrogens with zero attached hydrogens (tertiary/aromatic N) is 3. The van der Waals surface area contributed by atoms with Gasteiger partial charge in [-0.1, -0.05) is 0 Å². The van der Waals surface area contributed by atoms with Gasteiger partial charge in [-0.25, -0.2) is 4.98 Å². The summed E-state index contributed by atoms with van der Waals surface area (Å²) in [5.74, 6) is -0.274. The number of nitrogens with two attached hydrogens (primary N) is 1. The third-order valence-corrected chi connectivity index (χ3v) is 1.40. The van der Waals surface area contributed by atoms with Crippen LogP contribution in [0.3, 0.4) is 0 Å². The molecule has 1 rings (SSSR count). The summed E-state index contributed by atoms with van der Waals surface area (Å²) in [6, 6.07) is -0.733. The van der Waals surface area contributed by atoms with Crippen LogP contribution in [0.1, 0.15) is 0 Å². The molecule has 1 aromatic heterocycles. The van der Waals surface area contributed by atoms with Gasteiger partial charge in [0.25, 0.3) is 0 Å². The van der Waals surface area contributed by atoms with Crippen molar-refractivity contribution in [2.24, 2.45) is 5.73 Å². The van der Waals surface area contributed by atoms with Gasteiger partial charge in [-0.15, -0.1) is 5.10 Å². The van der Waals surface area contributed by atoms with E-state index in [0.29, 0.717) is 0 Å². The van der Waals surface area contributed by atoms with E-state index in [2.05, 4.69) is 20.5 Å². The topological polar surface area (TPSA) is 103 Å². The molecule has 0 spiro atoms. The maximum absolute atomic E-state index is 11.3. The molecule has 1 heterocycles. The van der Waals surface area contributed by atoms with Crippen LogP contribution in [0.5, 0.6) is 0 Å². The third-order valence-electron chi connectivity index (χ3n) is 1.40. The molecule has 76 valence electrons. The number of ether oxygens (including phenoxy) is 1. The Balaban J connectivity index is 2.49. The number of methoxy groups -OCH3 is 1. The summed E-state index contributed by atoms with van der Waals surface area (Å²) in [6.45, 7) is 0.145. The molecule has 0 aliphatic rings. The number of carbonyl (C=O) groups is 1. The van der Waals surface area contributed by atoms with Crippen LogP contribution in [0, 0.1) is 0 Å². The molecule has 0 aromatic carbocycles. The minimum absolute atomic E-state index is 0.129. The van der Waals surface area contributed by atoms with Gasteiger partial charge >= 0.3 is 0 Å². The van der Waals surface area contributed by atoms with Crippen LogP contribution in [-0.4, -0.2) is 40.8 Å². The number of amides is 1. The largest absolute Gasteiger partial charge is 0.383 e. The molecule has 0 bridgehead atoms. The molecule has 7 heteroatoms. The second-order valence-electron chi connectivity index (χ2n) is 2.52. The van der Waals surface area contributed by atoms with Gasteiger partial charge in [-0.2, -0.15) is 5.10 Å². The summed E-state index contributed by atoms with van der Waals surface area (Å²) in [5.41, 5.74) is 5.46. The van der Waals surface area contributed by atoms with Gasteiger partial charge in [-0.3, -0.25) is 10.1 Å². The lowest BCUT2D eigenvalue weighted by Crippen LogP contribution is -2.39. The average Bonchev–Trinajstić information content (AvgIpc) is 2.19. The number of rotatable bonds is 4. The van der Waals surface area contributed by atoms with Crippen LogP contribution in [0.2, 0.25) is 0 Å². The van der Waals surface area contributed by atoms with Crippen LogP contribution >= 0.6 is 0 Å². The highest BCUT2D eigenvalue weighted by Crippen LogP contribution is 1.93. The predicted molar refractivity (Wildman–Crippen MR) is 48.3 cm³/mol. The molecule has 0 fully saturated rings. The van der Waals surface area contributed by atoms with Crippen molar-refractivity contribution in [1.82, 2.24) is 15.2 Å². The fourth-order valence-electron chi connectivity index (χ4n) is 0.763. The second-order valence-corrected chi connectivity index (χ2v) is 2.52. The zero-order valence-corrected chi connectivity index (χ0v) is 7.67. The van der Waals surface area contributed by atoms with Crippen LogP contribution in [0.25, 0.3) is 0 Å². The van der Waals surface area contributed by atoms with E-state index in [-0.39, 0.29) is 12.6 Å². The maximum atomic E-state index is 11.3. The normalized spacial score (nSPS) is 12.1. The van der Waals surface area contributed by atoms with E-state index in [1.54, 1.807) is 0 Å². The van der Waals surface area contributed by atoms with Crippen molar-refractivity contribution in [1.29, 1.82) is 0 Å². The van der Waals surface area contributed by atoms with Gasteiger partial charge in [0.1, 0.15) is 6.04 Å². The molecule has 1 unspecified atom stereocenters. The summed E-state index contributed by atoms with van der Waals surface area (Å²) in [4.78, 5) is 15.0. The Bertz CT molecular complexity index is 291. The standard InChI is InChI=1S/C7H11N5O2/c1-14-4-5(8)6(13)11-7-9-2-3-10-12-7/h2-3,5H,4,8H2,1H3,(H,9,11,12,13). The van der Waals surface area contributed by atoms with E-state index < -0.39 is 11.9 Å². The van der Waals surface area contributed by atoms with E-state index in [1.807, 2.05) is 0 Å². The van der Waals surface area contributed by atoms with Gasteiger partial charge in [0.2, 0.25) is 11.9 Å². The van der Waals surface area contributed by atoms with E-state index in [1.165, 1.54) is 19.5 Å². The summed E-state index contributed by atoms with van der Waals surface area (Å²) >= 11 is 0. The first kappa shape index (κ1) is 10.5. The monoisotopic (exact) mass is 197 g/mol. The highest BCUT2D eigenvalue weighted by Gasteiger charge is 2.13. The summed E-state index contributed by atoms with van der Waals surface area (Å²) in [6.07, 6.45) is 2.83. The minimum atomic E-state index is -0.733. The Labute approximate surface area is 80.7 Å². The first-order valence-corrected chi connectivity index (χ1v) is 3.93. The number of aromatic nitrogens is 3. The van der Waals surface area contributed by atoms with Gasteiger partial charge in [0.15, 0.2) is 0 Å². The van der Waals surface area contributed by atoms with Crippen molar-refractivity contribution in [3.63, 3.8) is 0 Å². The lowest BCUT2D eigenvalue weighted by Gasteiger charge is -2.08. The Morgan fingerprint density at radius 2 is 2.50 bits per heavy atom. The Hall–Kier alpha value is -1.60. The van der Waals surface area contributed by atoms with Crippen molar-refractivity contribution >= 4 is 11.9 Å². The Kier molecular flexibility index (Phi) is 3.89. The molecule has 3 N–H and O–H groups in total. The van der Waals surface area contributed by atoms with E-state index in [9.17, 15) is 4.79 Å². The molecule has 7 nitrogen and oxygen atoms in total. The number of hydrogen-bond acceptors (Lipinski definition) is 6. The summed E-state index contributed by atoms with van der Waals surface area (Å²) < 4.78 is 4.72. The minimum Gasteiger partial charge on any atom is -0.383 e. The molecular formula is C7H11N5O2. The van der Waals surface area contributed by atoms with Gasteiger partial charge in [-0.05, 0) is 0 Å². The van der Waals surface area contributed by atoms with Crippen molar-refractivity contribution < 1.29 is 9.53 Å². The van der Waals surface area contributed by atoms with Crippen LogP contribution in [0.15, 0.2) is 12.4 Å². The van der Waals surface area contributed by atoms with Crippen molar-refractivity contribution in [2.45, 2.75) is 6.04 Å². The lowest BCUT2D eigenvalue weighted by molar-refractivity contribution is -0.118. The van der Waals surface area contributed by atoms with Crippen molar-refractivity contribution in [2.75, 3.05) is 19.0 Å². The molecule has 0 aliphatic carbocycles. The smallest absolute Gasteiger partial charge is 0.249 e. The lowest BCUT2D eigenvalue weighted by atomic mass is 10.3.